The third kappa shape index (κ3) is 1.96. The van der Waals surface area contributed by atoms with E-state index >= 15 is 0 Å². The number of Topliss-reactive ketones (excluding diaryl/α,β-unsaturated/α-hetero) is 1. The summed E-state index contributed by atoms with van der Waals surface area (Å²) in [4.78, 5) is 30.3. The number of hydrogen-bond donors (Lipinski definition) is 1. The van der Waals surface area contributed by atoms with Crippen molar-refractivity contribution in [1.82, 2.24) is 14.5 Å². The maximum Gasteiger partial charge on any atom is 0.356 e. The van der Waals surface area contributed by atoms with Gasteiger partial charge in [-0.1, -0.05) is 0 Å². The molecule has 2 aromatic heterocycles. The Morgan fingerprint density at radius 3 is 2.59 bits per heavy atom. The number of carboxylic acid groups (broad SMARTS) is 1. The first-order valence-corrected chi connectivity index (χ1v) is 5.54. The Bertz CT molecular complexity index is 568. The SMILES string of the molecule is CC(=O)c1sc(-c2cncn2C)nc1C(=O)O. The van der Waals surface area contributed by atoms with Crippen LogP contribution in [0, 0.1) is 0 Å². The standard InChI is InChI=1S/C10H9N3O3S/c1-5(14)8-7(10(15)16)12-9(17-8)6-3-11-4-13(6)2/h3-4H,1-2H3,(H,15,16). The van der Waals surface area contributed by atoms with E-state index in [1.54, 1.807) is 24.1 Å². The van der Waals surface area contributed by atoms with E-state index in [-0.39, 0.29) is 16.4 Å². The zero-order valence-electron chi connectivity index (χ0n) is 9.17. The van der Waals surface area contributed by atoms with Crippen LogP contribution >= 0.6 is 11.3 Å². The van der Waals surface area contributed by atoms with Crippen molar-refractivity contribution in [1.29, 1.82) is 0 Å². The average Bonchev–Trinajstić information content (AvgIpc) is 2.82. The molecule has 2 aromatic rings. The number of carbonyl (C=O) groups is 2. The highest BCUT2D eigenvalue weighted by atomic mass is 32.1. The van der Waals surface area contributed by atoms with Gasteiger partial charge in [-0.25, -0.2) is 14.8 Å². The van der Waals surface area contributed by atoms with E-state index in [2.05, 4.69) is 9.97 Å². The van der Waals surface area contributed by atoms with Crippen molar-refractivity contribution < 1.29 is 14.7 Å². The number of imidazole rings is 1. The van der Waals surface area contributed by atoms with Crippen molar-refractivity contribution in [3.05, 3.63) is 23.1 Å². The molecule has 2 heterocycles. The lowest BCUT2D eigenvalue weighted by Crippen LogP contribution is -2.03. The maximum atomic E-state index is 11.3. The summed E-state index contributed by atoms with van der Waals surface area (Å²) in [6.07, 6.45) is 3.17. The van der Waals surface area contributed by atoms with E-state index < -0.39 is 5.97 Å². The number of carbonyl (C=O) groups excluding carboxylic acids is 1. The normalized spacial score (nSPS) is 10.5. The predicted molar refractivity (Wildman–Crippen MR) is 61.3 cm³/mol. The molecule has 17 heavy (non-hydrogen) atoms. The minimum Gasteiger partial charge on any atom is -0.476 e. The number of aryl methyl sites for hydroxylation is 1. The summed E-state index contributed by atoms with van der Waals surface area (Å²) < 4.78 is 1.72. The lowest BCUT2D eigenvalue weighted by molar-refractivity contribution is 0.0687. The molecule has 7 heteroatoms. The fourth-order valence-corrected chi connectivity index (χ4v) is 2.38. The monoisotopic (exact) mass is 251 g/mol. The highest BCUT2D eigenvalue weighted by Crippen LogP contribution is 2.27. The summed E-state index contributed by atoms with van der Waals surface area (Å²) >= 11 is 1.07. The Morgan fingerprint density at radius 2 is 2.18 bits per heavy atom. The van der Waals surface area contributed by atoms with Crippen molar-refractivity contribution >= 4 is 23.1 Å². The topological polar surface area (TPSA) is 85.1 Å². The minimum atomic E-state index is -1.19. The molecule has 0 fully saturated rings. The first kappa shape index (κ1) is 11.5. The highest BCUT2D eigenvalue weighted by molar-refractivity contribution is 7.17. The van der Waals surface area contributed by atoms with Crippen LogP contribution in [0.25, 0.3) is 10.7 Å². The number of thiazole rings is 1. The first-order chi connectivity index (χ1) is 8.00. The lowest BCUT2D eigenvalue weighted by Gasteiger charge is -1.94. The number of rotatable bonds is 3. The molecule has 88 valence electrons. The number of aromatic carboxylic acids is 1. The maximum absolute atomic E-state index is 11.3. The van der Waals surface area contributed by atoms with Crippen LogP contribution < -0.4 is 0 Å². The zero-order valence-corrected chi connectivity index (χ0v) is 9.98. The second-order valence-electron chi connectivity index (χ2n) is 3.45. The van der Waals surface area contributed by atoms with Gasteiger partial charge in [0.25, 0.3) is 0 Å². The van der Waals surface area contributed by atoms with E-state index in [1.165, 1.54) is 6.92 Å². The van der Waals surface area contributed by atoms with Gasteiger partial charge in [0.1, 0.15) is 9.88 Å². The molecule has 0 aliphatic rings. The van der Waals surface area contributed by atoms with Crippen LogP contribution in [0.1, 0.15) is 27.1 Å². The number of carboxylic acids is 1. The van der Waals surface area contributed by atoms with Crippen LogP contribution in [0.4, 0.5) is 0 Å². The molecule has 0 aliphatic heterocycles. The van der Waals surface area contributed by atoms with Gasteiger partial charge >= 0.3 is 5.97 Å². The van der Waals surface area contributed by atoms with Crippen LogP contribution in [0.3, 0.4) is 0 Å². The molecule has 2 rings (SSSR count). The Balaban J connectivity index is 2.59. The summed E-state index contributed by atoms with van der Waals surface area (Å²) in [5, 5.41) is 9.44. The molecule has 0 radical (unpaired) electrons. The molecule has 0 spiro atoms. The van der Waals surface area contributed by atoms with Gasteiger partial charge < -0.3 is 9.67 Å². The van der Waals surface area contributed by atoms with Crippen molar-refractivity contribution in [3.63, 3.8) is 0 Å². The van der Waals surface area contributed by atoms with Crippen LogP contribution in [0.15, 0.2) is 12.5 Å². The van der Waals surface area contributed by atoms with Crippen molar-refractivity contribution in [2.45, 2.75) is 6.92 Å². The molecule has 6 nitrogen and oxygen atoms in total. The number of aromatic nitrogens is 3. The van der Waals surface area contributed by atoms with Gasteiger partial charge in [-0.3, -0.25) is 4.79 Å². The third-order valence-electron chi connectivity index (χ3n) is 2.19. The molecule has 0 saturated heterocycles. The average molecular weight is 251 g/mol. The molecule has 0 amide bonds. The number of hydrogen-bond acceptors (Lipinski definition) is 5. The summed E-state index contributed by atoms with van der Waals surface area (Å²) in [6, 6.07) is 0. The van der Waals surface area contributed by atoms with Crippen LogP contribution in [0.2, 0.25) is 0 Å². The lowest BCUT2D eigenvalue weighted by atomic mass is 10.3. The fraction of sp³-hybridized carbons (Fsp3) is 0.200. The summed E-state index contributed by atoms with van der Waals surface area (Å²) in [6.45, 7) is 1.33. The van der Waals surface area contributed by atoms with Gasteiger partial charge in [-0.2, -0.15) is 0 Å². The van der Waals surface area contributed by atoms with E-state index in [0.29, 0.717) is 10.7 Å². The Labute approximate surface area is 101 Å². The first-order valence-electron chi connectivity index (χ1n) is 4.72. The second kappa shape index (κ2) is 4.10. The quantitative estimate of drug-likeness (QED) is 0.834. The highest BCUT2D eigenvalue weighted by Gasteiger charge is 2.22. The smallest absolute Gasteiger partial charge is 0.356 e. The number of nitrogens with zero attached hydrogens (tertiary/aromatic N) is 3. The summed E-state index contributed by atoms with van der Waals surface area (Å²) in [7, 11) is 1.78. The molecule has 0 bridgehead atoms. The van der Waals surface area contributed by atoms with Gasteiger partial charge in [-0.05, 0) is 0 Å². The fourth-order valence-electron chi connectivity index (χ4n) is 1.38. The van der Waals surface area contributed by atoms with Gasteiger partial charge in [0.2, 0.25) is 0 Å². The minimum absolute atomic E-state index is 0.161. The van der Waals surface area contributed by atoms with E-state index in [0.717, 1.165) is 11.3 Å². The summed E-state index contributed by atoms with van der Waals surface area (Å²) in [5.74, 6) is -1.49. The van der Waals surface area contributed by atoms with Crippen molar-refractivity contribution in [3.8, 4) is 10.7 Å². The van der Waals surface area contributed by atoms with E-state index in [1.807, 2.05) is 0 Å². The molecule has 0 aromatic carbocycles. The molecule has 1 N–H and O–H groups in total. The zero-order chi connectivity index (χ0) is 12.6. The van der Waals surface area contributed by atoms with Gasteiger partial charge in [0.05, 0.1) is 18.2 Å². The molecule has 0 atom stereocenters. The van der Waals surface area contributed by atoms with Gasteiger partial charge in [-0.15, -0.1) is 11.3 Å². The van der Waals surface area contributed by atoms with Crippen LogP contribution in [0.5, 0.6) is 0 Å². The molecule has 0 aliphatic carbocycles. The second-order valence-corrected chi connectivity index (χ2v) is 4.45. The van der Waals surface area contributed by atoms with E-state index in [4.69, 9.17) is 5.11 Å². The molecule has 0 saturated carbocycles. The van der Waals surface area contributed by atoms with E-state index in [9.17, 15) is 9.59 Å². The molecular weight excluding hydrogens is 242 g/mol. The largest absolute Gasteiger partial charge is 0.476 e. The Kier molecular flexibility index (Phi) is 2.76. The summed E-state index contributed by atoms with van der Waals surface area (Å²) in [5.41, 5.74) is 0.490. The van der Waals surface area contributed by atoms with Crippen LogP contribution in [-0.2, 0) is 7.05 Å². The van der Waals surface area contributed by atoms with Crippen molar-refractivity contribution in [2.75, 3.05) is 0 Å². The van der Waals surface area contributed by atoms with Crippen molar-refractivity contribution in [2.24, 2.45) is 7.05 Å². The molecule has 0 unspecified atom stereocenters. The Hall–Kier alpha value is -2.02. The van der Waals surface area contributed by atoms with Gasteiger partial charge in [0.15, 0.2) is 11.5 Å². The Morgan fingerprint density at radius 1 is 1.47 bits per heavy atom. The third-order valence-corrected chi connectivity index (χ3v) is 3.36. The predicted octanol–water partition coefficient (Wildman–Crippen LogP) is 1.44. The number of ketones is 1. The molecular formula is C10H9N3O3S. The van der Waals surface area contributed by atoms with Crippen LogP contribution in [-0.4, -0.2) is 31.4 Å². The van der Waals surface area contributed by atoms with Gasteiger partial charge in [0, 0.05) is 14.0 Å².